The van der Waals surface area contributed by atoms with E-state index in [0.29, 0.717) is 19.3 Å². The van der Waals surface area contributed by atoms with Gasteiger partial charge in [-0.25, -0.2) is 0 Å². The number of benzene rings is 1. The minimum absolute atomic E-state index is 0.274. The molecule has 3 rings (SSSR count). The first-order valence-electron chi connectivity index (χ1n) is 7.24. The van der Waals surface area contributed by atoms with Crippen molar-refractivity contribution in [1.29, 1.82) is 0 Å². The van der Waals surface area contributed by atoms with Gasteiger partial charge < -0.3 is 24.6 Å². The fraction of sp³-hybridized carbons (Fsp3) is 0.600. The van der Waals surface area contributed by atoms with Crippen LogP contribution in [0.5, 0.6) is 11.5 Å². The Hall–Kier alpha value is -1.46. The van der Waals surface area contributed by atoms with Crippen LogP contribution in [0.1, 0.15) is 25.7 Å². The van der Waals surface area contributed by atoms with Gasteiger partial charge in [0, 0.05) is 18.3 Å². The number of hydrogen-bond donors (Lipinski definition) is 2. The molecule has 5 heteroatoms. The fourth-order valence-electron chi connectivity index (χ4n) is 2.60. The molecule has 2 aliphatic rings. The van der Waals surface area contributed by atoms with Gasteiger partial charge in [-0.1, -0.05) is 12.8 Å². The number of aliphatic hydroxyl groups excluding tert-OH is 1. The zero-order chi connectivity index (χ0) is 13.8. The summed E-state index contributed by atoms with van der Waals surface area (Å²) in [6.07, 6.45) is 4.59. The molecule has 110 valence electrons. The maximum Gasteiger partial charge on any atom is 0.231 e. The summed E-state index contributed by atoms with van der Waals surface area (Å²) < 4.78 is 16.3. The van der Waals surface area contributed by atoms with E-state index in [2.05, 4.69) is 5.32 Å². The summed E-state index contributed by atoms with van der Waals surface area (Å²) in [7, 11) is 0. The van der Waals surface area contributed by atoms with Crippen LogP contribution in [-0.2, 0) is 4.74 Å². The predicted molar refractivity (Wildman–Crippen MR) is 75.3 cm³/mol. The average molecular weight is 279 g/mol. The van der Waals surface area contributed by atoms with E-state index < -0.39 is 6.10 Å². The highest BCUT2D eigenvalue weighted by atomic mass is 16.7. The molecule has 20 heavy (non-hydrogen) atoms. The van der Waals surface area contributed by atoms with Crippen molar-refractivity contribution in [2.75, 3.05) is 25.3 Å². The van der Waals surface area contributed by atoms with Gasteiger partial charge in [-0.2, -0.15) is 0 Å². The molecule has 0 saturated heterocycles. The first-order valence-corrected chi connectivity index (χ1v) is 7.24. The van der Waals surface area contributed by atoms with Crippen LogP contribution in [0.2, 0.25) is 0 Å². The van der Waals surface area contributed by atoms with E-state index in [1.807, 2.05) is 18.2 Å². The molecule has 0 aromatic heterocycles. The Balaban J connectivity index is 1.41. The van der Waals surface area contributed by atoms with Gasteiger partial charge in [0.1, 0.15) is 0 Å². The largest absolute Gasteiger partial charge is 0.454 e. The molecule has 0 radical (unpaired) electrons. The van der Waals surface area contributed by atoms with Crippen LogP contribution < -0.4 is 14.8 Å². The van der Waals surface area contributed by atoms with E-state index in [1.165, 1.54) is 12.8 Å². The fourth-order valence-corrected chi connectivity index (χ4v) is 2.60. The van der Waals surface area contributed by atoms with E-state index in [1.54, 1.807) is 0 Å². The van der Waals surface area contributed by atoms with Crippen molar-refractivity contribution >= 4 is 5.69 Å². The Morgan fingerprint density at radius 2 is 2.05 bits per heavy atom. The summed E-state index contributed by atoms with van der Waals surface area (Å²) >= 11 is 0. The molecule has 1 fully saturated rings. The zero-order valence-electron chi connectivity index (χ0n) is 11.5. The van der Waals surface area contributed by atoms with Crippen LogP contribution >= 0.6 is 0 Å². The third-order valence-corrected chi connectivity index (χ3v) is 3.74. The van der Waals surface area contributed by atoms with Crippen molar-refractivity contribution in [3.8, 4) is 11.5 Å². The Labute approximate surface area is 118 Å². The van der Waals surface area contributed by atoms with Crippen molar-refractivity contribution in [3.05, 3.63) is 18.2 Å². The molecule has 1 atom stereocenters. The molecule has 1 unspecified atom stereocenters. The zero-order valence-corrected chi connectivity index (χ0v) is 11.5. The van der Waals surface area contributed by atoms with Crippen LogP contribution in [0.15, 0.2) is 18.2 Å². The van der Waals surface area contributed by atoms with Gasteiger partial charge in [0.25, 0.3) is 0 Å². The van der Waals surface area contributed by atoms with Gasteiger partial charge in [-0.05, 0) is 25.0 Å². The highest BCUT2D eigenvalue weighted by Crippen LogP contribution is 2.34. The lowest BCUT2D eigenvalue weighted by Gasteiger charge is -2.16. The van der Waals surface area contributed by atoms with Crippen LogP contribution in [0.4, 0.5) is 5.69 Å². The second kappa shape index (κ2) is 6.33. The average Bonchev–Trinajstić information content (AvgIpc) is 3.13. The van der Waals surface area contributed by atoms with Crippen LogP contribution in [0, 0.1) is 0 Å². The van der Waals surface area contributed by atoms with Crippen LogP contribution in [-0.4, -0.2) is 37.3 Å². The van der Waals surface area contributed by atoms with Gasteiger partial charge in [-0.15, -0.1) is 0 Å². The predicted octanol–water partition coefficient (Wildman–Crippen LogP) is 2.15. The highest BCUT2D eigenvalue weighted by Gasteiger charge is 2.17. The summed E-state index contributed by atoms with van der Waals surface area (Å²) in [6, 6.07) is 5.66. The highest BCUT2D eigenvalue weighted by molar-refractivity contribution is 5.55. The molecule has 5 nitrogen and oxygen atoms in total. The number of aliphatic hydroxyl groups is 1. The maximum absolute atomic E-state index is 9.92. The van der Waals surface area contributed by atoms with E-state index in [4.69, 9.17) is 14.2 Å². The molecule has 1 aliphatic carbocycles. The van der Waals surface area contributed by atoms with Crippen molar-refractivity contribution < 1.29 is 19.3 Å². The van der Waals surface area contributed by atoms with Crippen molar-refractivity contribution in [2.24, 2.45) is 0 Å². The van der Waals surface area contributed by atoms with Crippen LogP contribution in [0.3, 0.4) is 0 Å². The van der Waals surface area contributed by atoms with Crippen molar-refractivity contribution in [1.82, 2.24) is 0 Å². The molecule has 0 spiro atoms. The number of anilines is 1. The number of ether oxygens (including phenoxy) is 3. The number of rotatable bonds is 6. The van der Waals surface area contributed by atoms with E-state index in [-0.39, 0.29) is 6.79 Å². The molecule has 1 aromatic carbocycles. The first kappa shape index (κ1) is 13.5. The Morgan fingerprint density at radius 3 is 2.90 bits per heavy atom. The summed E-state index contributed by atoms with van der Waals surface area (Å²) in [5.74, 6) is 1.51. The molecule has 1 aromatic rings. The lowest BCUT2D eigenvalue weighted by Crippen LogP contribution is -2.27. The molecular formula is C15H21NO4. The molecule has 0 bridgehead atoms. The monoisotopic (exact) mass is 279 g/mol. The third-order valence-electron chi connectivity index (χ3n) is 3.74. The van der Waals surface area contributed by atoms with E-state index in [0.717, 1.165) is 30.0 Å². The minimum atomic E-state index is -0.499. The second-order valence-corrected chi connectivity index (χ2v) is 5.34. The summed E-state index contributed by atoms with van der Waals surface area (Å²) in [6.45, 7) is 1.13. The standard InChI is InChI=1S/C15H21NO4/c17-12(9-18-13-3-1-2-4-13)8-16-11-5-6-14-15(7-11)20-10-19-14/h5-7,12-13,16-17H,1-4,8-10H2. The Kier molecular flexibility index (Phi) is 4.28. The molecule has 2 N–H and O–H groups in total. The van der Waals surface area contributed by atoms with Gasteiger partial charge in [0.2, 0.25) is 6.79 Å². The normalized spacial score (nSPS) is 19.2. The number of nitrogens with one attached hydrogen (secondary N) is 1. The van der Waals surface area contributed by atoms with Crippen molar-refractivity contribution in [2.45, 2.75) is 37.9 Å². The smallest absolute Gasteiger partial charge is 0.231 e. The lowest BCUT2D eigenvalue weighted by molar-refractivity contribution is -0.00117. The first-order chi connectivity index (χ1) is 9.81. The lowest BCUT2D eigenvalue weighted by atomic mass is 10.2. The van der Waals surface area contributed by atoms with E-state index >= 15 is 0 Å². The summed E-state index contributed by atoms with van der Waals surface area (Å²) in [5.41, 5.74) is 0.911. The maximum atomic E-state index is 9.92. The Morgan fingerprint density at radius 1 is 1.25 bits per heavy atom. The van der Waals surface area contributed by atoms with E-state index in [9.17, 15) is 5.11 Å². The van der Waals surface area contributed by atoms with Gasteiger partial charge in [0.15, 0.2) is 11.5 Å². The van der Waals surface area contributed by atoms with Crippen LogP contribution in [0.25, 0.3) is 0 Å². The summed E-state index contributed by atoms with van der Waals surface area (Å²) in [4.78, 5) is 0. The second-order valence-electron chi connectivity index (χ2n) is 5.34. The minimum Gasteiger partial charge on any atom is -0.454 e. The summed E-state index contributed by atoms with van der Waals surface area (Å²) in [5, 5.41) is 13.1. The SMILES string of the molecule is OC(CNc1ccc2c(c1)OCO2)COC1CCCC1. The van der Waals surface area contributed by atoms with Gasteiger partial charge >= 0.3 is 0 Å². The molecule has 1 heterocycles. The molecule has 1 aliphatic heterocycles. The van der Waals surface area contributed by atoms with Crippen molar-refractivity contribution in [3.63, 3.8) is 0 Å². The molecule has 0 amide bonds. The molecule has 1 saturated carbocycles. The topological polar surface area (TPSA) is 60.0 Å². The number of hydrogen-bond acceptors (Lipinski definition) is 5. The third kappa shape index (κ3) is 3.35. The molecular weight excluding hydrogens is 258 g/mol. The van der Waals surface area contributed by atoms with Gasteiger partial charge in [0.05, 0.1) is 18.8 Å². The van der Waals surface area contributed by atoms with Gasteiger partial charge in [-0.3, -0.25) is 0 Å². The number of fused-ring (bicyclic) bond motifs is 1. The quantitative estimate of drug-likeness (QED) is 0.835. The Bertz CT molecular complexity index is 445.